The summed E-state index contributed by atoms with van der Waals surface area (Å²) in [5, 5.41) is 12.3. The Morgan fingerprint density at radius 3 is 2.41 bits per heavy atom. The summed E-state index contributed by atoms with van der Waals surface area (Å²) in [4.78, 5) is 15.4. The lowest BCUT2D eigenvalue weighted by Crippen LogP contribution is -2.25. The first kappa shape index (κ1) is 21.1. The molecule has 0 radical (unpaired) electrons. The van der Waals surface area contributed by atoms with Crippen LogP contribution in [0, 0.1) is 0 Å². The van der Waals surface area contributed by atoms with Gasteiger partial charge in [-0.3, -0.25) is 9.78 Å². The molecule has 2 aromatic rings. The molecule has 0 unspecified atom stereocenters. The second-order valence-electron chi connectivity index (χ2n) is 5.48. The minimum absolute atomic E-state index is 0.0723. The van der Waals surface area contributed by atoms with Gasteiger partial charge in [0.2, 0.25) is 0 Å². The van der Waals surface area contributed by atoms with Gasteiger partial charge in [0.15, 0.2) is 5.75 Å². The van der Waals surface area contributed by atoms with Crippen LogP contribution in [0.15, 0.2) is 30.5 Å². The number of amides is 1. The van der Waals surface area contributed by atoms with Crippen molar-refractivity contribution < 1.29 is 27.8 Å². The summed E-state index contributed by atoms with van der Waals surface area (Å²) >= 11 is 11.8. The van der Waals surface area contributed by atoms with Crippen LogP contribution in [0.2, 0.25) is 10.0 Å². The molecule has 0 bridgehead atoms. The molecule has 1 amide bonds. The summed E-state index contributed by atoms with van der Waals surface area (Å²) in [6.07, 6.45) is -2.76. The van der Waals surface area contributed by atoms with E-state index in [-0.39, 0.29) is 33.8 Å². The van der Waals surface area contributed by atoms with E-state index in [2.05, 4.69) is 10.3 Å². The highest BCUT2D eigenvalue weighted by Crippen LogP contribution is 2.36. The van der Waals surface area contributed by atoms with Crippen LogP contribution >= 0.6 is 23.2 Å². The van der Waals surface area contributed by atoms with Crippen LogP contribution in [-0.4, -0.2) is 29.1 Å². The summed E-state index contributed by atoms with van der Waals surface area (Å²) in [5.74, 6) is -0.375. The van der Waals surface area contributed by atoms with Crippen LogP contribution in [0.5, 0.6) is 11.5 Å². The van der Waals surface area contributed by atoms with Crippen LogP contribution in [0.4, 0.5) is 13.2 Å². The van der Waals surface area contributed by atoms with Gasteiger partial charge >= 0.3 is 6.18 Å². The molecule has 5 nitrogen and oxygen atoms in total. The molecule has 0 aliphatic heterocycles. The molecule has 0 fully saturated rings. The lowest BCUT2D eigenvalue weighted by molar-refractivity contribution is -0.137. The molecule has 10 heteroatoms. The zero-order chi connectivity index (χ0) is 20.0. The minimum atomic E-state index is -4.49. The minimum Gasteiger partial charge on any atom is -0.508 e. The van der Waals surface area contributed by atoms with Crippen molar-refractivity contribution in [2.24, 2.45) is 0 Å². The second kappa shape index (κ2) is 9.14. The van der Waals surface area contributed by atoms with Crippen molar-refractivity contribution >= 4 is 29.1 Å². The number of rotatable bonds is 7. The number of aromatic hydroxyl groups is 1. The number of pyridine rings is 1. The van der Waals surface area contributed by atoms with E-state index < -0.39 is 17.6 Å². The number of unbranched alkanes of at least 4 members (excludes halogenated alkanes) is 1. The third-order valence-corrected chi connectivity index (χ3v) is 3.97. The highest BCUT2D eigenvalue weighted by molar-refractivity contribution is 6.37. The Balaban J connectivity index is 1.72. The van der Waals surface area contributed by atoms with Gasteiger partial charge < -0.3 is 15.2 Å². The summed E-state index contributed by atoms with van der Waals surface area (Å²) in [5.41, 5.74) is -1.01. The van der Waals surface area contributed by atoms with Crippen molar-refractivity contribution in [2.45, 2.75) is 19.0 Å². The molecule has 0 atom stereocenters. The van der Waals surface area contributed by atoms with Gasteiger partial charge in [-0.15, -0.1) is 0 Å². The van der Waals surface area contributed by atoms with E-state index in [0.29, 0.717) is 25.6 Å². The van der Waals surface area contributed by atoms with Gasteiger partial charge in [0.1, 0.15) is 11.4 Å². The molecule has 2 N–H and O–H groups in total. The molecule has 0 spiro atoms. The Kier molecular flexibility index (Phi) is 7.15. The highest BCUT2D eigenvalue weighted by atomic mass is 35.5. The Hall–Kier alpha value is -2.19. The fourth-order valence-corrected chi connectivity index (χ4v) is 2.66. The number of phenols is 1. The smallest absolute Gasteiger partial charge is 0.417 e. The number of phenolic OH excluding ortho intramolecular Hbond substituents is 1. The number of hydrogen-bond donors (Lipinski definition) is 2. The van der Waals surface area contributed by atoms with Crippen LogP contribution in [0.25, 0.3) is 0 Å². The zero-order valence-corrected chi connectivity index (χ0v) is 15.3. The highest BCUT2D eigenvalue weighted by Gasteiger charge is 2.30. The fourth-order valence-electron chi connectivity index (χ4n) is 2.07. The Morgan fingerprint density at radius 1 is 1.19 bits per heavy atom. The number of ether oxygens (including phenoxy) is 1. The lowest BCUT2D eigenvalue weighted by atomic mass is 10.2. The SMILES string of the molecule is O=C(NCCCCOc1c(Cl)cc(O)cc1Cl)c1ccc(C(F)(F)F)cn1. The number of nitrogens with zero attached hydrogens (tertiary/aromatic N) is 1. The first-order chi connectivity index (χ1) is 12.7. The van der Waals surface area contributed by atoms with Gasteiger partial charge in [0, 0.05) is 24.9 Å². The number of aromatic nitrogens is 1. The van der Waals surface area contributed by atoms with Crippen molar-refractivity contribution in [1.82, 2.24) is 10.3 Å². The first-order valence-corrected chi connectivity index (χ1v) is 8.56. The first-order valence-electron chi connectivity index (χ1n) is 7.80. The van der Waals surface area contributed by atoms with E-state index in [4.69, 9.17) is 27.9 Å². The van der Waals surface area contributed by atoms with Crippen molar-refractivity contribution in [3.05, 3.63) is 51.8 Å². The Bertz CT molecular complexity index is 776. The quantitative estimate of drug-likeness (QED) is 0.634. The van der Waals surface area contributed by atoms with Gasteiger partial charge in [0.25, 0.3) is 5.91 Å². The van der Waals surface area contributed by atoms with E-state index in [0.717, 1.165) is 12.1 Å². The number of carbonyl (C=O) groups excluding carboxylic acids is 1. The monoisotopic (exact) mass is 422 g/mol. The lowest BCUT2D eigenvalue weighted by Gasteiger charge is -2.10. The van der Waals surface area contributed by atoms with Crippen LogP contribution in [0.1, 0.15) is 28.9 Å². The standard InChI is InChI=1S/C17H15Cl2F3N2O3/c18-12-7-11(25)8-13(19)15(12)27-6-2-1-5-23-16(26)14-4-3-10(9-24-14)17(20,21)22/h3-4,7-9,25H,1-2,5-6H2,(H,23,26). The average molecular weight is 423 g/mol. The third kappa shape index (κ3) is 6.18. The maximum atomic E-state index is 12.5. The molecule has 146 valence electrons. The van der Waals surface area contributed by atoms with Crippen molar-refractivity contribution in [3.63, 3.8) is 0 Å². The van der Waals surface area contributed by atoms with Crippen LogP contribution in [0.3, 0.4) is 0 Å². The molecule has 1 aromatic heterocycles. The van der Waals surface area contributed by atoms with Gasteiger partial charge in [-0.1, -0.05) is 23.2 Å². The number of hydrogen-bond acceptors (Lipinski definition) is 4. The Morgan fingerprint density at radius 2 is 1.85 bits per heavy atom. The van der Waals surface area contributed by atoms with E-state index in [1.54, 1.807) is 0 Å². The van der Waals surface area contributed by atoms with Crippen LogP contribution in [-0.2, 0) is 6.18 Å². The largest absolute Gasteiger partial charge is 0.508 e. The van der Waals surface area contributed by atoms with Gasteiger partial charge in [-0.05, 0) is 25.0 Å². The van der Waals surface area contributed by atoms with E-state index >= 15 is 0 Å². The Labute approximate surface area is 163 Å². The third-order valence-electron chi connectivity index (χ3n) is 3.41. The fraction of sp³-hybridized carbons (Fsp3) is 0.294. The molecule has 27 heavy (non-hydrogen) atoms. The maximum Gasteiger partial charge on any atom is 0.417 e. The second-order valence-corrected chi connectivity index (χ2v) is 6.29. The molecular formula is C17H15Cl2F3N2O3. The number of halogens is 5. The summed E-state index contributed by atoms with van der Waals surface area (Å²) < 4.78 is 42.8. The predicted octanol–water partition coefficient (Wildman–Crippen LogP) is 4.70. The number of carbonyl (C=O) groups is 1. The van der Waals surface area contributed by atoms with E-state index in [1.165, 1.54) is 12.1 Å². The van der Waals surface area contributed by atoms with Gasteiger partial charge in [0.05, 0.1) is 22.2 Å². The molecule has 2 rings (SSSR count). The maximum absolute atomic E-state index is 12.5. The topological polar surface area (TPSA) is 71.5 Å². The van der Waals surface area contributed by atoms with E-state index in [1.807, 2.05) is 0 Å². The molecule has 1 heterocycles. The molecule has 0 saturated heterocycles. The normalized spacial score (nSPS) is 11.3. The number of alkyl halides is 3. The van der Waals surface area contributed by atoms with Crippen LogP contribution < -0.4 is 10.1 Å². The summed E-state index contributed by atoms with van der Waals surface area (Å²) in [6, 6.07) is 4.44. The number of benzene rings is 1. The van der Waals surface area contributed by atoms with Crippen molar-refractivity contribution in [1.29, 1.82) is 0 Å². The summed E-state index contributed by atoms with van der Waals surface area (Å²) in [6.45, 7) is 0.570. The van der Waals surface area contributed by atoms with Gasteiger partial charge in [-0.25, -0.2) is 0 Å². The molecule has 1 aromatic carbocycles. The zero-order valence-electron chi connectivity index (χ0n) is 13.8. The molecular weight excluding hydrogens is 408 g/mol. The summed E-state index contributed by atoms with van der Waals surface area (Å²) in [7, 11) is 0. The predicted molar refractivity (Wildman–Crippen MR) is 94.4 cm³/mol. The van der Waals surface area contributed by atoms with Crippen molar-refractivity contribution in [3.8, 4) is 11.5 Å². The van der Waals surface area contributed by atoms with Crippen molar-refractivity contribution in [2.75, 3.05) is 13.2 Å². The van der Waals surface area contributed by atoms with Gasteiger partial charge in [-0.2, -0.15) is 13.2 Å². The molecule has 0 aliphatic rings. The number of nitrogens with one attached hydrogen (secondary N) is 1. The molecule has 0 aliphatic carbocycles. The average Bonchev–Trinajstić information content (AvgIpc) is 2.58. The molecule has 0 saturated carbocycles. The van der Waals surface area contributed by atoms with E-state index in [9.17, 15) is 23.1 Å².